The molecule has 0 spiro atoms. The zero-order chi connectivity index (χ0) is 12.4. The second kappa shape index (κ2) is 5.00. The van der Waals surface area contributed by atoms with Gasteiger partial charge in [-0.2, -0.15) is 8.42 Å². The van der Waals surface area contributed by atoms with Crippen molar-refractivity contribution in [3.63, 3.8) is 0 Å². The molecule has 0 aromatic rings. The van der Waals surface area contributed by atoms with Crippen molar-refractivity contribution in [3.8, 4) is 0 Å². The molecular formula is C10H20O5S. The molecule has 1 N–H and O–H groups in total. The molecule has 0 bridgehead atoms. The molecule has 3 atom stereocenters. The average Bonchev–Trinajstić information content (AvgIpc) is 2.20. The summed E-state index contributed by atoms with van der Waals surface area (Å²) in [6, 6.07) is 0. The van der Waals surface area contributed by atoms with Crippen LogP contribution in [0, 0.1) is 5.92 Å². The molecule has 0 radical (unpaired) electrons. The van der Waals surface area contributed by atoms with Gasteiger partial charge in [-0.05, 0) is 12.8 Å². The Hall–Kier alpha value is -0.170. The number of aliphatic hydroxyl groups is 1. The van der Waals surface area contributed by atoms with Crippen LogP contribution in [-0.2, 0) is 19.0 Å². The van der Waals surface area contributed by atoms with Gasteiger partial charge in [-0.15, -0.1) is 0 Å². The quantitative estimate of drug-likeness (QED) is 0.739. The molecule has 0 amide bonds. The molecule has 1 heterocycles. The van der Waals surface area contributed by atoms with E-state index in [0.717, 1.165) is 6.26 Å². The van der Waals surface area contributed by atoms with Gasteiger partial charge in [0.1, 0.15) is 0 Å². The van der Waals surface area contributed by atoms with E-state index in [1.54, 1.807) is 0 Å². The number of hydrogen-bond donors (Lipinski definition) is 1. The fraction of sp³-hybridized carbons (Fsp3) is 1.00. The Bertz CT molecular complexity index is 326. The van der Waals surface area contributed by atoms with Crippen LogP contribution in [0.25, 0.3) is 0 Å². The van der Waals surface area contributed by atoms with E-state index in [2.05, 4.69) is 0 Å². The minimum Gasteiger partial charge on any atom is -0.393 e. The lowest BCUT2D eigenvalue weighted by molar-refractivity contribution is -0.174. The highest BCUT2D eigenvalue weighted by Gasteiger charge is 2.43. The van der Waals surface area contributed by atoms with Gasteiger partial charge < -0.3 is 9.84 Å². The predicted octanol–water partition coefficient (Wildman–Crippen LogP) is 0.529. The first-order chi connectivity index (χ1) is 7.31. The van der Waals surface area contributed by atoms with Gasteiger partial charge in [0.15, 0.2) is 0 Å². The summed E-state index contributed by atoms with van der Waals surface area (Å²) in [5, 5.41) is 9.79. The lowest BCUT2D eigenvalue weighted by Gasteiger charge is -2.43. The van der Waals surface area contributed by atoms with Crippen molar-refractivity contribution in [2.24, 2.45) is 5.92 Å². The Balaban J connectivity index is 2.76. The maximum Gasteiger partial charge on any atom is 0.264 e. The van der Waals surface area contributed by atoms with Crippen LogP contribution in [0.15, 0.2) is 0 Å². The number of rotatable bonds is 4. The van der Waals surface area contributed by atoms with Crippen molar-refractivity contribution in [1.29, 1.82) is 0 Å². The monoisotopic (exact) mass is 252 g/mol. The van der Waals surface area contributed by atoms with E-state index in [-0.39, 0.29) is 12.5 Å². The van der Waals surface area contributed by atoms with Gasteiger partial charge >= 0.3 is 0 Å². The van der Waals surface area contributed by atoms with Crippen molar-refractivity contribution < 1.29 is 22.4 Å². The Labute approximate surface area is 96.9 Å². The third kappa shape index (κ3) is 3.16. The van der Waals surface area contributed by atoms with Crippen LogP contribution < -0.4 is 0 Å². The summed E-state index contributed by atoms with van der Waals surface area (Å²) in [6.07, 6.45) is 1.75. The molecule has 0 aliphatic carbocycles. The van der Waals surface area contributed by atoms with Gasteiger partial charge in [0.25, 0.3) is 10.1 Å². The molecule has 0 saturated carbocycles. The molecule has 0 aromatic carbocycles. The van der Waals surface area contributed by atoms with Crippen molar-refractivity contribution in [2.75, 3.05) is 19.5 Å². The first-order valence-corrected chi connectivity index (χ1v) is 7.29. The molecule has 0 aromatic heterocycles. The average molecular weight is 252 g/mol. The summed E-state index contributed by atoms with van der Waals surface area (Å²) in [4.78, 5) is 0. The van der Waals surface area contributed by atoms with Crippen LogP contribution in [0.5, 0.6) is 0 Å². The Morgan fingerprint density at radius 2 is 2.19 bits per heavy atom. The first-order valence-electron chi connectivity index (χ1n) is 5.47. The van der Waals surface area contributed by atoms with E-state index in [1.165, 1.54) is 0 Å². The standard InChI is InChI=1S/C10H20O5S/c1-4-10(7-15-16(3,12)13)8(2)9(11)5-6-14-10/h8-9,11H,4-7H2,1-3H3. The van der Waals surface area contributed by atoms with Crippen molar-refractivity contribution in [3.05, 3.63) is 0 Å². The molecule has 3 unspecified atom stereocenters. The smallest absolute Gasteiger partial charge is 0.264 e. The third-order valence-corrected chi connectivity index (χ3v) is 3.87. The van der Waals surface area contributed by atoms with E-state index in [4.69, 9.17) is 8.92 Å². The van der Waals surface area contributed by atoms with Crippen molar-refractivity contribution in [2.45, 2.75) is 38.4 Å². The largest absolute Gasteiger partial charge is 0.393 e. The van der Waals surface area contributed by atoms with Gasteiger partial charge in [-0.3, -0.25) is 4.18 Å². The molecule has 1 saturated heterocycles. The predicted molar refractivity (Wildman–Crippen MR) is 59.6 cm³/mol. The van der Waals surface area contributed by atoms with Gasteiger partial charge in [0.2, 0.25) is 0 Å². The minimum absolute atomic E-state index is 0.0272. The van der Waals surface area contributed by atoms with Crippen LogP contribution in [0.3, 0.4) is 0 Å². The van der Waals surface area contributed by atoms with E-state index in [9.17, 15) is 13.5 Å². The molecule has 1 fully saturated rings. The highest BCUT2D eigenvalue weighted by Crippen LogP contribution is 2.34. The second-order valence-electron chi connectivity index (χ2n) is 4.38. The number of hydrogen-bond acceptors (Lipinski definition) is 5. The van der Waals surface area contributed by atoms with E-state index in [1.807, 2.05) is 13.8 Å². The van der Waals surface area contributed by atoms with Gasteiger partial charge in [0.05, 0.1) is 24.6 Å². The van der Waals surface area contributed by atoms with Gasteiger partial charge in [-0.1, -0.05) is 13.8 Å². The third-order valence-electron chi connectivity index (χ3n) is 3.33. The van der Waals surface area contributed by atoms with Crippen LogP contribution in [0.2, 0.25) is 0 Å². The van der Waals surface area contributed by atoms with E-state index >= 15 is 0 Å². The zero-order valence-electron chi connectivity index (χ0n) is 9.97. The number of ether oxygens (including phenoxy) is 1. The van der Waals surface area contributed by atoms with Crippen LogP contribution in [-0.4, -0.2) is 44.7 Å². The highest BCUT2D eigenvalue weighted by molar-refractivity contribution is 7.85. The Morgan fingerprint density at radius 3 is 2.69 bits per heavy atom. The van der Waals surface area contributed by atoms with Crippen LogP contribution in [0.4, 0.5) is 0 Å². The molecule has 16 heavy (non-hydrogen) atoms. The van der Waals surface area contributed by atoms with Crippen molar-refractivity contribution >= 4 is 10.1 Å². The fourth-order valence-corrected chi connectivity index (χ4v) is 2.43. The van der Waals surface area contributed by atoms with E-state index in [0.29, 0.717) is 19.4 Å². The van der Waals surface area contributed by atoms with Crippen LogP contribution in [0.1, 0.15) is 26.7 Å². The molecule has 1 rings (SSSR count). The number of aliphatic hydroxyl groups excluding tert-OH is 1. The molecular weight excluding hydrogens is 232 g/mol. The molecule has 96 valence electrons. The van der Waals surface area contributed by atoms with E-state index < -0.39 is 21.8 Å². The second-order valence-corrected chi connectivity index (χ2v) is 6.02. The SMILES string of the molecule is CCC1(COS(C)(=O)=O)OCCC(O)C1C. The molecule has 5 nitrogen and oxygen atoms in total. The lowest BCUT2D eigenvalue weighted by atomic mass is 9.80. The maximum atomic E-state index is 11.0. The topological polar surface area (TPSA) is 72.8 Å². The summed E-state index contributed by atoms with van der Waals surface area (Å²) in [7, 11) is -3.47. The summed E-state index contributed by atoms with van der Waals surface area (Å²) in [5.74, 6) is -0.131. The Morgan fingerprint density at radius 1 is 1.56 bits per heavy atom. The van der Waals surface area contributed by atoms with Gasteiger partial charge in [-0.25, -0.2) is 0 Å². The molecule has 1 aliphatic rings. The maximum absolute atomic E-state index is 11.0. The molecule has 6 heteroatoms. The Kier molecular flexibility index (Phi) is 4.34. The van der Waals surface area contributed by atoms with Crippen LogP contribution >= 0.6 is 0 Å². The summed E-state index contributed by atoms with van der Waals surface area (Å²) in [6.45, 7) is 4.17. The highest BCUT2D eigenvalue weighted by atomic mass is 32.2. The zero-order valence-corrected chi connectivity index (χ0v) is 10.8. The summed E-state index contributed by atoms with van der Waals surface area (Å²) < 4.78 is 32.4. The normalized spacial score (nSPS) is 36.2. The fourth-order valence-electron chi connectivity index (χ4n) is 2.02. The first kappa shape index (κ1) is 13.9. The molecule has 1 aliphatic heterocycles. The van der Waals surface area contributed by atoms with Gasteiger partial charge in [0, 0.05) is 12.5 Å². The summed E-state index contributed by atoms with van der Waals surface area (Å²) >= 11 is 0. The summed E-state index contributed by atoms with van der Waals surface area (Å²) in [5.41, 5.74) is -0.694. The lowest BCUT2D eigenvalue weighted by Crippen LogP contribution is -2.52. The van der Waals surface area contributed by atoms with Crippen molar-refractivity contribution in [1.82, 2.24) is 0 Å². The minimum atomic E-state index is -3.47.